The SMILES string of the molecule is CCn1c(CCC(=O)NCc2cccc(C(=O)NC)c2)nc2cc(S(=O)(=O)N(C)C)ccc21. The molecule has 0 aliphatic rings. The fourth-order valence-electron chi connectivity index (χ4n) is 3.56. The average molecular weight is 472 g/mol. The monoisotopic (exact) mass is 471 g/mol. The van der Waals surface area contributed by atoms with Gasteiger partial charge in [-0.2, -0.15) is 0 Å². The van der Waals surface area contributed by atoms with Crippen molar-refractivity contribution in [2.24, 2.45) is 0 Å². The molecule has 0 aliphatic carbocycles. The molecular weight excluding hydrogens is 442 g/mol. The maximum Gasteiger partial charge on any atom is 0.251 e. The van der Waals surface area contributed by atoms with Gasteiger partial charge in [0.2, 0.25) is 15.9 Å². The van der Waals surface area contributed by atoms with Gasteiger partial charge in [-0.3, -0.25) is 9.59 Å². The first-order valence-electron chi connectivity index (χ1n) is 10.7. The van der Waals surface area contributed by atoms with E-state index in [9.17, 15) is 18.0 Å². The van der Waals surface area contributed by atoms with Crippen molar-refractivity contribution >= 4 is 32.9 Å². The Morgan fingerprint density at radius 1 is 1.12 bits per heavy atom. The number of fused-ring (bicyclic) bond motifs is 1. The molecule has 0 saturated carbocycles. The maximum absolute atomic E-state index is 12.4. The van der Waals surface area contributed by atoms with Crippen LogP contribution in [-0.4, -0.2) is 55.2 Å². The molecule has 0 spiro atoms. The van der Waals surface area contributed by atoms with Crippen molar-refractivity contribution in [2.45, 2.75) is 37.8 Å². The van der Waals surface area contributed by atoms with Gasteiger partial charge < -0.3 is 15.2 Å². The molecule has 33 heavy (non-hydrogen) atoms. The predicted octanol–water partition coefficient (Wildman–Crippen LogP) is 1.92. The summed E-state index contributed by atoms with van der Waals surface area (Å²) < 4.78 is 28.0. The Kier molecular flexibility index (Phi) is 7.50. The summed E-state index contributed by atoms with van der Waals surface area (Å²) in [6, 6.07) is 12.0. The number of benzene rings is 2. The van der Waals surface area contributed by atoms with Gasteiger partial charge in [0.25, 0.3) is 5.91 Å². The van der Waals surface area contributed by atoms with Crippen LogP contribution in [-0.2, 0) is 34.3 Å². The number of carbonyl (C=O) groups is 2. The Balaban J connectivity index is 1.69. The second-order valence-corrected chi connectivity index (χ2v) is 9.92. The van der Waals surface area contributed by atoms with Crippen LogP contribution in [0.4, 0.5) is 0 Å². The number of nitrogens with one attached hydrogen (secondary N) is 2. The number of nitrogens with zero attached hydrogens (tertiary/aromatic N) is 3. The largest absolute Gasteiger partial charge is 0.355 e. The molecule has 3 rings (SSSR count). The number of aromatic nitrogens is 2. The summed E-state index contributed by atoms with van der Waals surface area (Å²) in [6.45, 7) is 2.95. The molecule has 0 atom stereocenters. The zero-order valence-corrected chi connectivity index (χ0v) is 20.1. The number of rotatable bonds is 9. The number of imidazole rings is 1. The Morgan fingerprint density at radius 3 is 2.55 bits per heavy atom. The highest BCUT2D eigenvalue weighted by atomic mass is 32.2. The van der Waals surface area contributed by atoms with Crippen LogP contribution in [0.15, 0.2) is 47.4 Å². The third kappa shape index (κ3) is 5.40. The molecule has 0 saturated heterocycles. The number of hydrogen-bond acceptors (Lipinski definition) is 5. The summed E-state index contributed by atoms with van der Waals surface area (Å²) in [7, 11) is 0.997. The molecule has 0 bridgehead atoms. The Hall–Kier alpha value is -3.24. The maximum atomic E-state index is 12.4. The van der Waals surface area contributed by atoms with Crippen LogP contribution in [0.2, 0.25) is 0 Å². The van der Waals surface area contributed by atoms with Crippen molar-refractivity contribution in [3.05, 3.63) is 59.4 Å². The van der Waals surface area contributed by atoms with Crippen molar-refractivity contribution in [3.63, 3.8) is 0 Å². The molecular formula is C23H29N5O4S. The molecule has 1 aromatic heterocycles. The number of sulfonamides is 1. The van der Waals surface area contributed by atoms with Gasteiger partial charge in [0.1, 0.15) is 5.82 Å². The number of carbonyl (C=O) groups excluding carboxylic acids is 2. The highest BCUT2D eigenvalue weighted by molar-refractivity contribution is 7.89. The lowest BCUT2D eigenvalue weighted by Crippen LogP contribution is -2.24. The molecule has 1 heterocycles. The van der Waals surface area contributed by atoms with Crippen LogP contribution in [0.25, 0.3) is 11.0 Å². The lowest BCUT2D eigenvalue weighted by atomic mass is 10.1. The van der Waals surface area contributed by atoms with Crippen molar-refractivity contribution in [1.82, 2.24) is 24.5 Å². The van der Waals surface area contributed by atoms with Gasteiger partial charge in [-0.25, -0.2) is 17.7 Å². The van der Waals surface area contributed by atoms with E-state index in [2.05, 4.69) is 15.6 Å². The minimum absolute atomic E-state index is 0.133. The number of amides is 2. The first kappa shape index (κ1) is 24.4. The summed E-state index contributed by atoms with van der Waals surface area (Å²) in [5.41, 5.74) is 2.79. The molecule has 2 aromatic carbocycles. The van der Waals surface area contributed by atoms with Crippen LogP contribution >= 0.6 is 0 Å². The van der Waals surface area contributed by atoms with Crippen molar-refractivity contribution in [2.75, 3.05) is 21.1 Å². The van der Waals surface area contributed by atoms with Crippen LogP contribution in [0, 0.1) is 0 Å². The predicted molar refractivity (Wildman–Crippen MR) is 126 cm³/mol. The van der Waals surface area contributed by atoms with E-state index < -0.39 is 10.0 Å². The molecule has 0 aliphatic heterocycles. The summed E-state index contributed by atoms with van der Waals surface area (Å²) in [5.74, 6) is 0.415. The van der Waals surface area contributed by atoms with E-state index in [-0.39, 0.29) is 23.1 Å². The smallest absolute Gasteiger partial charge is 0.251 e. The van der Waals surface area contributed by atoms with Crippen LogP contribution in [0.5, 0.6) is 0 Å². The number of aryl methyl sites for hydroxylation is 2. The standard InChI is InChI=1S/C23H29N5O4S/c1-5-28-20-10-9-18(33(31,32)27(3)4)14-19(20)26-21(28)11-12-22(29)25-15-16-7-6-8-17(13-16)23(30)24-2/h6-10,13-14H,5,11-12,15H2,1-4H3,(H,24,30)(H,25,29). The minimum atomic E-state index is -3.55. The van der Waals surface area contributed by atoms with E-state index in [1.165, 1.54) is 18.4 Å². The normalized spacial score (nSPS) is 11.7. The third-order valence-corrected chi connectivity index (χ3v) is 7.19. The van der Waals surface area contributed by atoms with E-state index in [4.69, 9.17) is 0 Å². The fourth-order valence-corrected chi connectivity index (χ4v) is 4.48. The van der Waals surface area contributed by atoms with Gasteiger partial charge in [-0.1, -0.05) is 12.1 Å². The highest BCUT2D eigenvalue weighted by Gasteiger charge is 2.19. The molecule has 3 aromatic rings. The molecule has 0 fully saturated rings. The molecule has 10 heteroatoms. The van der Waals surface area contributed by atoms with Gasteiger partial charge in [0.05, 0.1) is 15.9 Å². The summed E-state index contributed by atoms with van der Waals surface area (Å²) in [5, 5.41) is 5.45. The van der Waals surface area contributed by atoms with Gasteiger partial charge in [-0.15, -0.1) is 0 Å². The molecule has 2 amide bonds. The summed E-state index contributed by atoms with van der Waals surface area (Å²) in [6.07, 6.45) is 0.656. The highest BCUT2D eigenvalue weighted by Crippen LogP contribution is 2.22. The first-order valence-corrected chi connectivity index (χ1v) is 12.1. The quantitative estimate of drug-likeness (QED) is 0.495. The van der Waals surface area contributed by atoms with Gasteiger partial charge in [0, 0.05) is 52.6 Å². The zero-order chi connectivity index (χ0) is 24.2. The Bertz CT molecular complexity index is 1280. The van der Waals surface area contributed by atoms with E-state index >= 15 is 0 Å². The van der Waals surface area contributed by atoms with Crippen molar-refractivity contribution in [3.8, 4) is 0 Å². The Morgan fingerprint density at radius 2 is 1.88 bits per heavy atom. The van der Waals surface area contributed by atoms with E-state index in [1.807, 2.05) is 17.6 Å². The van der Waals surface area contributed by atoms with Crippen LogP contribution in [0.3, 0.4) is 0 Å². The van der Waals surface area contributed by atoms with Crippen molar-refractivity contribution in [1.29, 1.82) is 0 Å². The van der Waals surface area contributed by atoms with Gasteiger partial charge in [-0.05, 0) is 42.8 Å². The molecule has 9 nitrogen and oxygen atoms in total. The third-order valence-electron chi connectivity index (χ3n) is 5.38. The average Bonchev–Trinajstić information content (AvgIpc) is 3.17. The minimum Gasteiger partial charge on any atom is -0.355 e. The Labute approximate surface area is 193 Å². The fraction of sp³-hybridized carbons (Fsp3) is 0.348. The zero-order valence-electron chi connectivity index (χ0n) is 19.3. The molecule has 2 N–H and O–H groups in total. The molecule has 176 valence electrons. The van der Waals surface area contributed by atoms with E-state index in [1.54, 1.807) is 43.4 Å². The number of hydrogen-bond donors (Lipinski definition) is 2. The van der Waals surface area contributed by atoms with E-state index in [0.717, 1.165) is 16.9 Å². The van der Waals surface area contributed by atoms with Crippen LogP contribution < -0.4 is 10.6 Å². The molecule has 0 radical (unpaired) electrons. The second kappa shape index (κ2) is 10.1. The topological polar surface area (TPSA) is 113 Å². The van der Waals surface area contributed by atoms with Gasteiger partial charge >= 0.3 is 0 Å². The second-order valence-electron chi connectivity index (χ2n) is 7.77. The first-order chi connectivity index (χ1) is 15.7. The van der Waals surface area contributed by atoms with E-state index in [0.29, 0.717) is 30.6 Å². The lowest BCUT2D eigenvalue weighted by Gasteiger charge is -2.11. The lowest BCUT2D eigenvalue weighted by molar-refractivity contribution is -0.121. The van der Waals surface area contributed by atoms with Gasteiger partial charge in [0.15, 0.2) is 0 Å². The summed E-state index contributed by atoms with van der Waals surface area (Å²) in [4.78, 5) is 29.0. The van der Waals surface area contributed by atoms with Crippen LogP contribution in [0.1, 0.15) is 35.1 Å². The molecule has 0 unspecified atom stereocenters. The van der Waals surface area contributed by atoms with Crippen molar-refractivity contribution < 1.29 is 18.0 Å². The summed E-state index contributed by atoms with van der Waals surface area (Å²) >= 11 is 0.